The van der Waals surface area contributed by atoms with Gasteiger partial charge in [0.15, 0.2) is 17.9 Å². The summed E-state index contributed by atoms with van der Waals surface area (Å²) in [6, 6.07) is 9.29. The molecule has 1 fully saturated rings. The molecule has 0 radical (unpaired) electrons. The van der Waals surface area contributed by atoms with Crippen LogP contribution in [0.15, 0.2) is 42.5 Å². The second-order valence-corrected chi connectivity index (χ2v) is 16.0. The van der Waals surface area contributed by atoms with E-state index in [1.807, 2.05) is 25.1 Å². The van der Waals surface area contributed by atoms with E-state index in [0.717, 1.165) is 38.4 Å². The normalized spacial score (nSPS) is 32.5. The van der Waals surface area contributed by atoms with Gasteiger partial charge in [-0.05, 0) is 98.2 Å². The minimum atomic E-state index is -4.13. The van der Waals surface area contributed by atoms with Gasteiger partial charge in [0.05, 0.1) is 11.9 Å². The zero-order valence-electron chi connectivity index (χ0n) is 27.2. The van der Waals surface area contributed by atoms with Gasteiger partial charge >= 0.3 is 0 Å². The van der Waals surface area contributed by atoms with E-state index in [-0.39, 0.29) is 41.9 Å². The van der Waals surface area contributed by atoms with Gasteiger partial charge in [-0.3, -0.25) is 9.59 Å². The van der Waals surface area contributed by atoms with Crippen LogP contribution in [0, 0.1) is 17.8 Å². The molecule has 47 heavy (non-hydrogen) atoms. The van der Waals surface area contributed by atoms with Gasteiger partial charge in [0.2, 0.25) is 10.0 Å². The van der Waals surface area contributed by atoms with Crippen molar-refractivity contribution in [3.63, 3.8) is 0 Å². The molecule has 2 bridgehead atoms. The van der Waals surface area contributed by atoms with Crippen molar-refractivity contribution < 1.29 is 32.2 Å². The lowest BCUT2D eigenvalue weighted by Gasteiger charge is -2.48. The SMILES string of the molecule is COCC[C@@H]1[C@@H](C)C/C=C/[C@](C=O)(OC)[C@@H]2CC[C@H]2CN2C[C@@]3(CCCc4cc(Cl)ccc43)COc3ccc(nc32)C(=O)NS1(=O)=O. The Morgan fingerprint density at radius 3 is 2.77 bits per heavy atom. The topological polar surface area (TPSA) is 124 Å². The second-order valence-electron chi connectivity index (χ2n) is 13.7. The number of nitrogens with one attached hydrogen (secondary N) is 1. The Morgan fingerprint density at radius 2 is 2.04 bits per heavy atom. The molecule has 10 nitrogen and oxygen atoms in total. The van der Waals surface area contributed by atoms with Gasteiger partial charge < -0.3 is 19.1 Å². The first-order valence-corrected chi connectivity index (χ1v) is 18.4. The number of methoxy groups -OCH3 is 2. The monoisotopic (exact) mass is 685 g/mol. The van der Waals surface area contributed by atoms with E-state index in [9.17, 15) is 18.0 Å². The van der Waals surface area contributed by atoms with Gasteiger partial charge in [0.1, 0.15) is 11.3 Å². The fraction of sp³-hybridized carbons (Fsp3) is 0.571. The molecule has 0 saturated heterocycles. The molecule has 2 aromatic rings. The summed E-state index contributed by atoms with van der Waals surface area (Å²) in [4.78, 5) is 33.3. The summed E-state index contributed by atoms with van der Waals surface area (Å²) in [5.41, 5.74) is 0.872. The highest BCUT2D eigenvalue weighted by Crippen LogP contribution is 2.48. The van der Waals surface area contributed by atoms with Gasteiger partial charge in [-0.2, -0.15) is 0 Å². The number of nitrogens with zero attached hydrogens (tertiary/aromatic N) is 2. The summed E-state index contributed by atoms with van der Waals surface area (Å²) >= 11 is 6.41. The van der Waals surface area contributed by atoms with Gasteiger partial charge in [-0.15, -0.1) is 0 Å². The summed E-state index contributed by atoms with van der Waals surface area (Å²) in [7, 11) is -1.06. The van der Waals surface area contributed by atoms with E-state index in [1.54, 1.807) is 19.3 Å². The van der Waals surface area contributed by atoms with Crippen LogP contribution in [0.3, 0.4) is 0 Å². The first-order valence-electron chi connectivity index (χ1n) is 16.5. The van der Waals surface area contributed by atoms with E-state index in [1.165, 1.54) is 24.3 Å². The van der Waals surface area contributed by atoms with Crippen LogP contribution in [0.5, 0.6) is 5.75 Å². The smallest absolute Gasteiger partial charge is 0.283 e. The van der Waals surface area contributed by atoms with E-state index < -0.39 is 26.8 Å². The van der Waals surface area contributed by atoms with Gasteiger partial charge in [-0.25, -0.2) is 18.1 Å². The van der Waals surface area contributed by atoms with Crippen LogP contribution in [0.4, 0.5) is 5.82 Å². The van der Waals surface area contributed by atoms with Crippen molar-refractivity contribution in [1.29, 1.82) is 0 Å². The molecule has 254 valence electrons. The van der Waals surface area contributed by atoms with Crippen LogP contribution in [-0.4, -0.2) is 77.0 Å². The molecule has 1 saturated carbocycles. The predicted octanol–water partition coefficient (Wildman–Crippen LogP) is 4.88. The third-order valence-electron chi connectivity index (χ3n) is 10.9. The van der Waals surface area contributed by atoms with Crippen LogP contribution >= 0.6 is 11.6 Å². The van der Waals surface area contributed by atoms with Crippen molar-refractivity contribution in [3.8, 4) is 5.75 Å². The second kappa shape index (κ2) is 13.5. The zero-order chi connectivity index (χ0) is 33.4. The molecular weight excluding hydrogens is 642 g/mol. The molecule has 6 rings (SSSR count). The predicted molar refractivity (Wildman–Crippen MR) is 180 cm³/mol. The van der Waals surface area contributed by atoms with Crippen molar-refractivity contribution in [2.45, 2.75) is 68.1 Å². The number of anilines is 1. The number of benzene rings is 1. The molecule has 2 aliphatic heterocycles. The number of amides is 1. The lowest BCUT2D eigenvalue weighted by atomic mass is 9.64. The maximum absolute atomic E-state index is 13.7. The maximum atomic E-state index is 13.7. The van der Waals surface area contributed by atoms with Gasteiger partial charge in [0, 0.05) is 50.3 Å². The molecule has 1 aromatic heterocycles. The number of halogens is 1. The van der Waals surface area contributed by atoms with E-state index in [2.05, 4.69) is 15.7 Å². The number of carbonyl (C=O) groups is 2. The molecule has 4 aliphatic rings. The zero-order valence-corrected chi connectivity index (χ0v) is 28.8. The Hall–Kier alpha value is -2.99. The van der Waals surface area contributed by atoms with E-state index in [4.69, 9.17) is 30.8 Å². The lowest BCUT2D eigenvalue weighted by Crippen LogP contribution is -2.54. The number of sulfonamides is 1. The summed E-state index contributed by atoms with van der Waals surface area (Å²) in [5.74, 6) is -0.154. The minimum Gasteiger partial charge on any atom is -0.489 e. The number of allylic oxidation sites excluding steroid dienone is 1. The van der Waals surface area contributed by atoms with Crippen molar-refractivity contribution in [1.82, 2.24) is 9.71 Å². The summed E-state index contributed by atoms with van der Waals surface area (Å²) in [5, 5.41) is -0.223. The average molecular weight is 686 g/mol. The van der Waals surface area contributed by atoms with Crippen molar-refractivity contribution >= 4 is 39.6 Å². The number of hydrogen-bond donors (Lipinski definition) is 1. The third-order valence-corrected chi connectivity index (χ3v) is 13.1. The number of ether oxygens (including phenoxy) is 3. The standard InChI is InChI=1S/C35H44ClN3O7S/c1-23-6-4-16-35(21-40,45-3)28-10-8-25(28)19-39-20-34(15-5-7-24-18-26(36)9-11-27(24)34)22-46-30-13-12-29(37-32(30)39)33(41)38-47(42,43)31(23)14-17-44-2/h4,9,11-13,16,18,21,23,25,28,31H,5-8,10,14-15,17,19-20,22H2,1-3H3,(H,38,41)/b16-4+/t23-,25-,28+,31+,34-,35+/m0/s1. The number of aldehydes is 1. The fourth-order valence-corrected chi connectivity index (χ4v) is 9.98. The first kappa shape index (κ1) is 33.9. The highest BCUT2D eigenvalue weighted by atomic mass is 35.5. The molecule has 3 heterocycles. The average Bonchev–Trinajstić information content (AvgIpc) is 3.18. The highest BCUT2D eigenvalue weighted by molar-refractivity contribution is 7.90. The number of aryl methyl sites for hydroxylation is 1. The number of hydrogen-bond acceptors (Lipinski definition) is 9. The van der Waals surface area contributed by atoms with Crippen LogP contribution in [0.1, 0.15) is 67.1 Å². The Balaban J connectivity index is 1.45. The molecule has 1 aromatic carbocycles. The summed E-state index contributed by atoms with van der Waals surface area (Å²) < 4.78 is 47.4. The molecule has 2 aliphatic carbocycles. The molecule has 1 amide bonds. The number of pyridine rings is 1. The first-order chi connectivity index (χ1) is 22.5. The highest BCUT2D eigenvalue weighted by Gasteiger charge is 2.49. The molecule has 6 atom stereocenters. The summed E-state index contributed by atoms with van der Waals surface area (Å²) in [6.07, 6.45) is 9.59. The molecule has 1 N–H and O–H groups in total. The number of aromatic nitrogens is 1. The Bertz CT molecular complexity index is 1650. The van der Waals surface area contributed by atoms with Crippen molar-refractivity contribution in [2.24, 2.45) is 17.8 Å². The van der Waals surface area contributed by atoms with Gasteiger partial charge in [0.25, 0.3) is 5.91 Å². The lowest BCUT2D eigenvalue weighted by molar-refractivity contribution is -0.135. The summed E-state index contributed by atoms with van der Waals surface area (Å²) in [6.45, 7) is 3.57. The molecule has 0 unspecified atom stereocenters. The molecular formula is C35H44ClN3O7S. The van der Waals surface area contributed by atoms with E-state index in [0.29, 0.717) is 42.7 Å². The van der Waals surface area contributed by atoms with Crippen LogP contribution in [-0.2, 0) is 36.1 Å². The number of fused-ring (bicyclic) bond motifs is 4. The Morgan fingerprint density at radius 1 is 1.21 bits per heavy atom. The van der Waals surface area contributed by atoms with Crippen LogP contribution in [0.2, 0.25) is 5.02 Å². The number of rotatable bonds is 5. The number of carbonyl (C=O) groups excluding carboxylic acids is 2. The third kappa shape index (κ3) is 6.44. The van der Waals surface area contributed by atoms with Gasteiger partial charge in [-0.1, -0.05) is 30.7 Å². The van der Waals surface area contributed by atoms with Crippen molar-refractivity contribution in [3.05, 3.63) is 64.3 Å². The Kier molecular flexibility index (Phi) is 9.73. The minimum absolute atomic E-state index is 0.0119. The van der Waals surface area contributed by atoms with Crippen molar-refractivity contribution in [2.75, 3.05) is 45.4 Å². The quantitative estimate of drug-likeness (QED) is 0.347. The van der Waals surface area contributed by atoms with Crippen LogP contribution < -0.4 is 14.4 Å². The maximum Gasteiger partial charge on any atom is 0.283 e. The molecule has 1 spiro atoms. The molecule has 12 heteroatoms. The Labute approximate surface area is 282 Å². The fourth-order valence-electron chi connectivity index (χ4n) is 8.14. The van der Waals surface area contributed by atoms with Crippen LogP contribution in [0.25, 0.3) is 0 Å². The van der Waals surface area contributed by atoms with E-state index >= 15 is 0 Å². The largest absolute Gasteiger partial charge is 0.489 e.